The molecule has 158 valence electrons. The normalized spacial score (nSPS) is 21.0. The van der Waals surface area contributed by atoms with E-state index in [-0.39, 0.29) is 6.10 Å². The predicted molar refractivity (Wildman–Crippen MR) is 119 cm³/mol. The highest BCUT2D eigenvalue weighted by atomic mass is 32.2. The summed E-state index contributed by atoms with van der Waals surface area (Å²) >= 11 is 1.76. The van der Waals surface area contributed by atoms with Gasteiger partial charge in [0.1, 0.15) is 5.75 Å². The molecule has 0 aliphatic carbocycles. The summed E-state index contributed by atoms with van der Waals surface area (Å²) in [7, 11) is 1.68. The first-order valence-corrected chi connectivity index (χ1v) is 11.0. The number of aryl methyl sites for hydroxylation is 1. The maximum atomic E-state index is 6.49. The van der Waals surface area contributed by atoms with Crippen LogP contribution in [0.3, 0.4) is 0 Å². The van der Waals surface area contributed by atoms with Gasteiger partial charge in [-0.05, 0) is 48.4 Å². The fourth-order valence-electron chi connectivity index (χ4n) is 3.53. The Morgan fingerprint density at radius 1 is 1.20 bits per heavy atom. The predicted octanol–water partition coefficient (Wildman–Crippen LogP) is 4.01. The van der Waals surface area contributed by atoms with Crippen molar-refractivity contribution in [3.63, 3.8) is 0 Å². The molecule has 7 heteroatoms. The van der Waals surface area contributed by atoms with Crippen molar-refractivity contribution < 1.29 is 14.2 Å². The van der Waals surface area contributed by atoms with Gasteiger partial charge in [0.05, 0.1) is 32.7 Å². The van der Waals surface area contributed by atoms with Gasteiger partial charge >= 0.3 is 0 Å². The number of imidazole rings is 1. The number of nitrogen functional groups attached to an aromatic ring is 1. The molecule has 1 aliphatic rings. The number of ether oxygens (including phenoxy) is 3. The fraction of sp³-hybridized carbons (Fsp3) is 0.348. The maximum Gasteiger partial charge on any atom is 0.187 e. The number of anilines is 1. The molecule has 0 spiro atoms. The van der Waals surface area contributed by atoms with Crippen molar-refractivity contribution in [2.75, 3.05) is 25.2 Å². The molecule has 0 amide bonds. The Morgan fingerprint density at radius 2 is 2.00 bits per heavy atom. The molecule has 4 rings (SSSR count). The van der Waals surface area contributed by atoms with Crippen molar-refractivity contribution in [2.24, 2.45) is 0 Å². The van der Waals surface area contributed by atoms with Crippen LogP contribution >= 0.6 is 11.8 Å². The van der Waals surface area contributed by atoms with Gasteiger partial charge < -0.3 is 24.5 Å². The minimum atomic E-state index is -0.660. The molecule has 1 aromatic heterocycles. The second-order valence-corrected chi connectivity index (χ2v) is 8.52. The maximum absolute atomic E-state index is 6.49. The standard InChI is InChI=1S/C23H27N3O3S/c1-27-20-6-2-18(3-7-20)10-11-23(16-26-13-12-25-17-26)28-14-21(29-23)15-30-22-8-4-19(24)5-9-22/h2-9,12-13,17,21H,10-11,14-16,24H2,1H3. The van der Waals surface area contributed by atoms with Crippen LogP contribution in [0.4, 0.5) is 5.69 Å². The second-order valence-electron chi connectivity index (χ2n) is 7.42. The number of aromatic nitrogens is 2. The molecular formula is C23H27N3O3S. The van der Waals surface area contributed by atoms with Gasteiger partial charge in [-0.2, -0.15) is 0 Å². The highest BCUT2D eigenvalue weighted by Crippen LogP contribution is 2.33. The van der Waals surface area contributed by atoms with Gasteiger partial charge in [0.15, 0.2) is 5.79 Å². The molecule has 2 heterocycles. The Bertz CT molecular complexity index is 916. The Kier molecular flexibility index (Phi) is 6.62. The number of benzene rings is 2. The topological polar surface area (TPSA) is 71.5 Å². The van der Waals surface area contributed by atoms with Gasteiger partial charge in [0.25, 0.3) is 0 Å². The van der Waals surface area contributed by atoms with Crippen LogP contribution in [0, 0.1) is 0 Å². The zero-order chi connectivity index (χ0) is 20.8. The molecule has 30 heavy (non-hydrogen) atoms. The first kappa shape index (κ1) is 20.8. The summed E-state index contributed by atoms with van der Waals surface area (Å²) < 4.78 is 20.0. The van der Waals surface area contributed by atoms with Crippen molar-refractivity contribution in [3.05, 3.63) is 72.8 Å². The van der Waals surface area contributed by atoms with E-state index in [4.69, 9.17) is 19.9 Å². The van der Waals surface area contributed by atoms with Crippen molar-refractivity contribution in [1.29, 1.82) is 0 Å². The van der Waals surface area contributed by atoms with Crippen LogP contribution in [0.5, 0.6) is 5.75 Å². The van der Waals surface area contributed by atoms with Gasteiger partial charge in [-0.1, -0.05) is 12.1 Å². The van der Waals surface area contributed by atoms with E-state index in [0.717, 1.165) is 30.0 Å². The van der Waals surface area contributed by atoms with Gasteiger partial charge in [-0.25, -0.2) is 4.98 Å². The van der Waals surface area contributed by atoms with Gasteiger partial charge in [0, 0.05) is 35.2 Å². The van der Waals surface area contributed by atoms with Crippen LogP contribution in [0.15, 0.2) is 72.1 Å². The number of hydrogen-bond acceptors (Lipinski definition) is 6. The lowest BCUT2D eigenvalue weighted by Crippen LogP contribution is -2.37. The molecule has 1 aliphatic heterocycles. The third-order valence-corrected chi connectivity index (χ3v) is 6.31. The SMILES string of the molecule is COc1ccc(CCC2(Cn3ccnc3)OCC(CSc3ccc(N)cc3)O2)cc1. The Labute approximate surface area is 181 Å². The van der Waals surface area contributed by atoms with E-state index in [0.29, 0.717) is 13.2 Å². The molecule has 0 bridgehead atoms. The quantitative estimate of drug-likeness (QED) is 0.413. The fourth-order valence-corrected chi connectivity index (χ4v) is 4.40. The Hall–Kier alpha value is -2.48. The zero-order valence-electron chi connectivity index (χ0n) is 17.1. The number of nitrogens with zero attached hydrogens (tertiary/aromatic N) is 2. The molecular weight excluding hydrogens is 398 g/mol. The summed E-state index contributed by atoms with van der Waals surface area (Å²) in [5, 5.41) is 0. The molecule has 0 saturated carbocycles. The summed E-state index contributed by atoms with van der Waals surface area (Å²) in [4.78, 5) is 5.34. The second kappa shape index (κ2) is 9.55. The average Bonchev–Trinajstić information content (AvgIpc) is 3.43. The smallest absolute Gasteiger partial charge is 0.187 e. The van der Waals surface area contributed by atoms with Crippen molar-refractivity contribution in [1.82, 2.24) is 9.55 Å². The highest BCUT2D eigenvalue weighted by molar-refractivity contribution is 7.99. The summed E-state index contributed by atoms with van der Waals surface area (Å²) in [6, 6.07) is 16.1. The van der Waals surface area contributed by atoms with Crippen LogP contribution in [-0.2, 0) is 22.4 Å². The van der Waals surface area contributed by atoms with E-state index < -0.39 is 5.79 Å². The molecule has 2 N–H and O–H groups in total. The molecule has 0 radical (unpaired) electrons. The first-order chi connectivity index (χ1) is 14.6. The van der Waals surface area contributed by atoms with Gasteiger partial charge in [-0.3, -0.25) is 0 Å². The van der Waals surface area contributed by atoms with E-state index in [1.807, 2.05) is 47.2 Å². The number of rotatable bonds is 9. The summed E-state index contributed by atoms with van der Waals surface area (Å²) in [6.45, 7) is 1.20. The first-order valence-electron chi connectivity index (χ1n) is 10.0. The van der Waals surface area contributed by atoms with Crippen LogP contribution < -0.4 is 10.5 Å². The summed E-state index contributed by atoms with van der Waals surface area (Å²) in [5.74, 6) is 1.03. The van der Waals surface area contributed by atoms with Gasteiger partial charge in [-0.15, -0.1) is 11.8 Å². The monoisotopic (exact) mass is 425 g/mol. The van der Waals surface area contributed by atoms with E-state index in [9.17, 15) is 0 Å². The lowest BCUT2D eigenvalue weighted by atomic mass is 10.0. The number of hydrogen-bond donors (Lipinski definition) is 1. The van der Waals surface area contributed by atoms with Crippen LogP contribution in [0.1, 0.15) is 12.0 Å². The summed E-state index contributed by atoms with van der Waals surface area (Å²) in [5.41, 5.74) is 7.78. The molecule has 2 atom stereocenters. The van der Waals surface area contributed by atoms with E-state index in [2.05, 4.69) is 17.1 Å². The van der Waals surface area contributed by atoms with Gasteiger partial charge in [0.2, 0.25) is 0 Å². The number of thioether (sulfide) groups is 1. The summed E-state index contributed by atoms with van der Waals surface area (Å²) in [6.07, 6.45) is 7.18. The number of nitrogens with two attached hydrogens (primary N) is 1. The minimum absolute atomic E-state index is 0.0342. The molecule has 2 aromatic carbocycles. The van der Waals surface area contributed by atoms with Crippen LogP contribution in [-0.4, -0.2) is 40.9 Å². The molecule has 1 saturated heterocycles. The van der Waals surface area contributed by atoms with Crippen LogP contribution in [0.25, 0.3) is 0 Å². The van der Waals surface area contributed by atoms with E-state index >= 15 is 0 Å². The van der Waals surface area contributed by atoms with Crippen molar-refractivity contribution >= 4 is 17.4 Å². The van der Waals surface area contributed by atoms with Crippen molar-refractivity contribution in [2.45, 2.75) is 36.2 Å². The third-order valence-electron chi connectivity index (χ3n) is 5.17. The molecule has 1 fully saturated rings. The Balaban J connectivity index is 1.39. The average molecular weight is 426 g/mol. The molecule has 2 unspecified atom stereocenters. The van der Waals surface area contributed by atoms with Crippen molar-refractivity contribution in [3.8, 4) is 5.75 Å². The van der Waals surface area contributed by atoms with Crippen LogP contribution in [0.2, 0.25) is 0 Å². The third kappa shape index (κ3) is 5.36. The molecule has 6 nitrogen and oxygen atoms in total. The Morgan fingerprint density at radius 3 is 2.70 bits per heavy atom. The zero-order valence-corrected chi connectivity index (χ0v) is 17.9. The highest BCUT2D eigenvalue weighted by Gasteiger charge is 2.41. The van der Waals surface area contributed by atoms with E-state index in [1.165, 1.54) is 10.5 Å². The minimum Gasteiger partial charge on any atom is -0.497 e. The molecule has 3 aromatic rings. The number of methoxy groups -OCH3 is 1. The van der Waals surface area contributed by atoms with E-state index in [1.54, 1.807) is 31.4 Å². The lowest BCUT2D eigenvalue weighted by molar-refractivity contribution is -0.180. The largest absolute Gasteiger partial charge is 0.497 e. The lowest BCUT2D eigenvalue weighted by Gasteiger charge is -2.28.